The van der Waals surface area contributed by atoms with E-state index in [1.807, 2.05) is 0 Å². The molecule has 0 fully saturated rings. The Labute approximate surface area is 286 Å². The van der Waals surface area contributed by atoms with Gasteiger partial charge >= 0.3 is 13.8 Å². The first-order chi connectivity index (χ1) is 22.8. The van der Waals surface area contributed by atoms with Crippen molar-refractivity contribution in [2.75, 3.05) is 33.0 Å². The second-order valence-electron chi connectivity index (χ2n) is 11.9. The van der Waals surface area contributed by atoms with Crippen molar-refractivity contribution in [2.45, 2.75) is 148 Å². The van der Waals surface area contributed by atoms with Crippen LogP contribution in [0.5, 0.6) is 0 Å². The van der Waals surface area contributed by atoms with Gasteiger partial charge in [0.05, 0.1) is 26.4 Å². The third kappa shape index (κ3) is 34.1. The highest BCUT2D eigenvalue weighted by molar-refractivity contribution is 7.47. The van der Waals surface area contributed by atoms with Crippen LogP contribution < -0.4 is 0 Å². The molecule has 0 aliphatic rings. The molecular formula is C37H67O9P. The normalized spacial score (nSPS) is 14.9. The summed E-state index contributed by atoms with van der Waals surface area (Å²) in [4.78, 5) is 22.4. The molecule has 0 saturated heterocycles. The number of allylic oxidation sites excluding steroid dienone is 8. The molecule has 0 spiro atoms. The number of ether oxygens (including phenoxy) is 2. The zero-order valence-electron chi connectivity index (χ0n) is 29.5. The van der Waals surface area contributed by atoms with E-state index >= 15 is 0 Å². The van der Waals surface area contributed by atoms with E-state index in [9.17, 15) is 19.4 Å². The minimum Gasteiger partial charge on any atom is -0.457 e. The lowest BCUT2D eigenvalue weighted by molar-refractivity contribution is -0.154. The van der Waals surface area contributed by atoms with E-state index in [4.69, 9.17) is 23.6 Å². The minimum atomic E-state index is -4.51. The molecule has 0 aliphatic heterocycles. The first kappa shape index (κ1) is 45.4. The summed E-state index contributed by atoms with van der Waals surface area (Å²) in [6.07, 6.45) is 35.0. The molecule has 0 rings (SSSR count). The number of carbonyl (C=O) groups excluding carboxylic acids is 1. The average Bonchev–Trinajstić information content (AvgIpc) is 3.06. The third-order valence-corrected chi connectivity index (χ3v) is 8.18. The molecule has 3 atom stereocenters. The molecule has 47 heavy (non-hydrogen) atoms. The number of phosphoric ester groups is 1. The second-order valence-corrected chi connectivity index (χ2v) is 13.3. The highest BCUT2D eigenvalue weighted by atomic mass is 31.2. The number of hydrogen-bond acceptors (Lipinski definition) is 8. The van der Waals surface area contributed by atoms with Gasteiger partial charge < -0.3 is 24.6 Å². The van der Waals surface area contributed by atoms with E-state index in [0.29, 0.717) is 13.0 Å². The van der Waals surface area contributed by atoms with Gasteiger partial charge in [-0.1, -0.05) is 114 Å². The van der Waals surface area contributed by atoms with Crippen LogP contribution in [0.2, 0.25) is 0 Å². The van der Waals surface area contributed by atoms with E-state index in [0.717, 1.165) is 83.5 Å². The molecule has 10 heteroatoms. The van der Waals surface area contributed by atoms with E-state index in [1.165, 1.54) is 25.7 Å². The number of rotatable bonds is 34. The molecule has 0 saturated carbocycles. The molecule has 0 bridgehead atoms. The number of aliphatic hydroxyl groups excluding tert-OH is 2. The van der Waals surface area contributed by atoms with E-state index in [2.05, 4.69) is 62.5 Å². The maximum absolute atomic E-state index is 12.5. The Balaban J connectivity index is 4.26. The molecular weight excluding hydrogens is 619 g/mol. The van der Waals surface area contributed by atoms with Gasteiger partial charge in [0.25, 0.3) is 0 Å². The summed E-state index contributed by atoms with van der Waals surface area (Å²) in [5.41, 5.74) is 0. The van der Waals surface area contributed by atoms with Crippen LogP contribution in [0.25, 0.3) is 0 Å². The Hall–Kier alpha value is -1.58. The van der Waals surface area contributed by atoms with Crippen molar-refractivity contribution in [3.63, 3.8) is 0 Å². The first-order valence-corrected chi connectivity index (χ1v) is 19.6. The van der Waals surface area contributed by atoms with Crippen LogP contribution in [0.3, 0.4) is 0 Å². The Morgan fingerprint density at radius 1 is 0.681 bits per heavy atom. The van der Waals surface area contributed by atoms with Crippen molar-refractivity contribution >= 4 is 13.8 Å². The summed E-state index contributed by atoms with van der Waals surface area (Å²) in [5, 5.41) is 18.2. The molecule has 0 amide bonds. The van der Waals surface area contributed by atoms with E-state index in [-0.39, 0.29) is 19.6 Å². The van der Waals surface area contributed by atoms with Crippen LogP contribution in [0.4, 0.5) is 0 Å². The summed E-state index contributed by atoms with van der Waals surface area (Å²) in [7, 11) is -4.51. The fourth-order valence-corrected chi connectivity index (χ4v) is 5.28. The molecule has 0 radical (unpaired) electrons. The van der Waals surface area contributed by atoms with Gasteiger partial charge in [0, 0.05) is 13.0 Å². The number of esters is 1. The number of carbonyl (C=O) groups is 1. The molecule has 274 valence electrons. The quantitative estimate of drug-likeness (QED) is 0.0262. The van der Waals surface area contributed by atoms with Crippen molar-refractivity contribution in [3.05, 3.63) is 48.6 Å². The molecule has 0 aromatic heterocycles. The maximum Gasteiger partial charge on any atom is 0.472 e. The third-order valence-electron chi connectivity index (χ3n) is 7.23. The summed E-state index contributed by atoms with van der Waals surface area (Å²) in [5.74, 6) is -0.403. The lowest BCUT2D eigenvalue weighted by Crippen LogP contribution is -2.29. The monoisotopic (exact) mass is 686 g/mol. The standard InChI is InChI=1S/C37H67O9P/c1-3-5-7-9-11-13-15-16-17-18-19-20-22-24-26-28-30-43-33-36(34-45-47(41,42)44-32-35(39)31-38)46-37(40)29-27-25-23-21-14-12-10-8-6-4-2/h5,7-8,10-11,13,16-17,35-36,38-39H,3-4,6,9,12,14-15,18-34H2,1-2H3,(H,41,42)/b7-5-,10-8-,13-11-,17-16-. The van der Waals surface area contributed by atoms with Crippen molar-refractivity contribution in [1.29, 1.82) is 0 Å². The first-order valence-electron chi connectivity index (χ1n) is 18.1. The molecule has 0 aromatic carbocycles. The van der Waals surface area contributed by atoms with Gasteiger partial charge in [-0.15, -0.1) is 0 Å². The maximum atomic E-state index is 12.5. The van der Waals surface area contributed by atoms with Gasteiger partial charge in [0.15, 0.2) is 0 Å². The van der Waals surface area contributed by atoms with Crippen LogP contribution in [0.1, 0.15) is 136 Å². The van der Waals surface area contributed by atoms with Crippen LogP contribution in [-0.4, -0.2) is 66.3 Å². The highest BCUT2D eigenvalue weighted by Crippen LogP contribution is 2.43. The van der Waals surface area contributed by atoms with Crippen molar-refractivity contribution in [2.24, 2.45) is 0 Å². The zero-order chi connectivity index (χ0) is 34.7. The summed E-state index contributed by atoms with van der Waals surface area (Å²) in [6, 6.07) is 0. The molecule has 3 N–H and O–H groups in total. The minimum absolute atomic E-state index is 0.0352. The fraction of sp³-hybridized carbons (Fsp3) is 0.757. The predicted molar refractivity (Wildman–Crippen MR) is 191 cm³/mol. The lowest BCUT2D eigenvalue weighted by atomic mass is 10.1. The van der Waals surface area contributed by atoms with Crippen molar-refractivity contribution < 1.29 is 43.0 Å². The Bertz CT molecular complexity index is 872. The number of phosphoric acid groups is 1. The van der Waals surface area contributed by atoms with E-state index < -0.39 is 39.2 Å². The topological polar surface area (TPSA) is 132 Å². The molecule has 0 heterocycles. The van der Waals surface area contributed by atoms with Crippen molar-refractivity contribution in [3.8, 4) is 0 Å². The Kier molecular flexibility index (Phi) is 33.1. The number of aliphatic hydroxyl groups is 2. The SMILES string of the molecule is CC/C=C\C/C=C\C/C=C\CCCCCCCCOCC(COP(=O)(O)OCC(O)CO)OC(=O)CCCCCCC/C=C\CCC. The van der Waals surface area contributed by atoms with Gasteiger partial charge in [-0.25, -0.2) is 4.57 Å². The van der Waals surface area contributed by atoms with Gasteiger partial charge in [-0.05, 0) is 64.2 Å². The van der Waals surface area contributed by atoms with E-state index in [1.54, 1.807) is 0 Å². The van der Waals surface area contributed by atoms with Gasteiger partial charge in [0.2, 0.25) is 0 Å². The average molecular weight is 687 g/mol. The second kappa shape index (κ2) is 34.3. The predicted octanol–water partition coefficient (Wildman–Crippen LogP) is 9.08. The largest absolute Gasteiger partial charge is 0.472 e. The lowest BCUT2D eigenvalue weighted by Gasteiger charge is -2.20. The molecule has 0 aromatic rings. The summed E-state index contributed by atoms with van der Waals surface area (Å²) < 4.78 is 33.1. The summed E-state index contributed by atoms with van der Waals surface area (Å²) >= 11 is 0. The van der Waals surface area contributed by atoms with Crippen LogP contribution >= 0.6 is 7.82 Å². The smallest absolute Gasteiger partial charge is 0.457 e. The Morgan fingerprint density at radius 3 is 1.85 bits per heavy atom. The van der Waals surface area contributed by atoms with Crippen LogP contribution in [-0.2, 0) is 27.9 Å². The summed E-state index contributed by atoms with van der Waals surface area (Å²) in [6.45, 7) is 3.27. The molecule has 9 nitrogen and oxygen atoms in total. The van der Waals surface area contributed by atoms with Gasteiger partial charge in [-0.3, -0.25) is 13.8 Å². The Morgan fingerprint density at radius 2 is 1.21 bits per heavy atom. The van der Waals surface area contributed by atoms with Gasteiger partial charge in [-0.2, -0.15) is 0 Å². The number of unbranched alkanes of at least 4 members (excludes halogenated alkanes) is 12. The molecule has 0 aliphatic carbocycles. The van der Waals surface area contributed by atoms with Crippen molar-refractivity contribution in [1.82, 2.24) is 0 Å². The van der Waals surface area contributed by atoms with Crippen LogP contribution in [0.15, 0.2) is 48.6 Å². The zero-order valence-corrected chi connectivity index (χ0v) is 30.4. The fourth-order valence-electron chi connectivity index (χ4n) is 4.49. The van der Waals surface area contributed by atoms with Gasteiger partial charge in [0.1, 0.15) is 12.2 Å². The molecule has 3 unspecified atom stereocenters. The highest BCUT2D eigenvalue weighted by Gasteiger charge is 2.26. The number of hydrogen-bond donors (Lipinski definition) is 3. The van der Waals surface area contributed by atoms with Crippen LogP contribution in [0, 0.1) is 0 Å².